The Morgan fingerprint density at radius 2 is 1.18 bits per heavy atom. The van der Waals surface area contributed by atoms with E-state index in [-0.39, 0.29) is 11.8 Å². The maximum Gasteiger partial charge on any atom is 0.256 e. The van der Waals surface area contributed by atoms with Crippen LogP contribution in [0.5, 0.6) is 0 Å². The van der Waals surface area contributed by atoms with Gasteiger partial charge in [0.25, 0.3) is 11.8 Å². The number of hydrogen-bond donors (Lipinski definition) is 1. The van der Waals surface area contributed by atoms with Gasteiger partial charge in [0.2, 0.25) is 0 Å². The lowest BCUT2D eigenvalue weighted by molar-refractivity contribution is 0.00206. The molecule has 0 aliphatic carbocycles. The van der Waals surface area contributed by atoms with E-state index in [9.17, 15) is 9.59 Å². The summed E-state index contributed by atoms with van der Waals surface area (Å²) >= 11 is 3.38. The highest BCUT2D eigenvalue weighted by atomic mass is 79.9. The number of halogens is 1. The number of amides is 2. The molecule has 8 nitrogen and oxygen atoms in total. The number of carbonyl (C=O) groups is 2. The third kappa shape index (κ3) is 8.53. The zero-order valence-electron chi connectivity index (χ0n) is 18.5. The topological polar surface area (TPSA) is 86.3 Å². The first-order valence-electron chi connectivity index (χ1n) is 10.9. The van der Waals surface area contributed by atoms with E-state index in [1.54, 1.807) is 41.3 Å². The first-order chi connectivity index (χ1) is 16.1. The van der Waals surface area contributed by atoms with E-state index >= 15 is 0 Å². The van der Waals surface area contributed by atoms with Gasteiger partial charge < -0.3 is 29.2 Å². The summed E-state index contributed by atoms with van der Waals surface area (Å²) in [6.45, 7) is 4.29. The Morgan fingerprint density at radius 1 is 0.697 bits per heavy atom. The van der Waals surface area contributed by atoms with Crippen LogP contribution in [0.4, 0.5) is 5.69 Å². The van der Waals surface area contributed by atoms with Crippen LogP contribution < -0.4 is 5.32 Å². The molecule has 0 radical (unpaired) electrons. The van der Waals surface area contributed by atoms with Crippen molar-refractivity contribution in [1.82, 2.24) is 4.90 Å². The molecular formula is C24H29BrN2O6. The molecule has 1 heterocycles. The fourth-order valence-corrected chi connectivity index (χ4v) is 3.46. The van der Waals surface area contributed by atoms with Gasteiger partial charge in [-0.05, 0) is 36.4 Å². The number of hydrogen-bond acceptors (Lipinski definition) is 6. The standard InChI is InChI=1S/C24H29BrN2O6/c25-19-5-7-20(8-6-19)26-23(28)21-3-1-2-4-22(21)24(29)27-9-11-30-13-15-32-17-18-33-16-14-31-12-10-27/h1-8H,9-18H2,(H,26,28). The minimum atomic E-state index is -0.346. The van der Waals surface area contributed by atoms with Crippen molar-refractivity contribution >= 4 is 33.4 Å². The van der Waals surface area contributed by atoms with Crippen LogP contribution in [0.15, 0.2) is 53.0 Å². The van der Waals surface area contributed by atoms with Crippen molar-refractivity contribution in [1.29, 1.82) is 0 Å². The molecule has 1 saturated heterocycles. The molecule has 0 aromatic heterocycles. The smallest absolute Gasteiger partial charge is 0.256 e. The Kier molecular flexibility index (Phi) is 10.8. The summed E-state index contributed by atoms with van der Waals surface area (Å²) in [5, 5.41) is 2.85. The van der Waals surface area contributed by atoms with E-state index in [0.717, 1.165) is 4.47 Å². The second-order valence-corrected chi connectivity index (χ2v) is 8.16. The maximum absolute atomic E-state index is 13.4. The SMILES string of the molecule is O=C(Nc1ccc(Br)cc1)c1ccccc1C(=O)N1CCOCCOCCOCCOCC1. The highest BCUT2D eigenvalue weighted by Gasteiger charge is 2.22. The number of rotatable bonds is 3. The van der Waals surface area contributed by atoms with Gasteiger partial charge in [-0.25, -0.2) is 0 Å². The molecule has 2 amide bonds. The highest BCUT2D eigenvalue weighted by molar-refractivity contribution is 9.10. The average Bonchev–Trinajstić information content (AvgIpc) is 2.84. The lowest BCUT2D eigenvalue weighted by atomic mass is 10.1. The van der Waals surface area contributed by atoms with E-state index in [1.807, 2.05) is 12.1 Å². The summed E-state index contributed by atoms with van der Waals surface area (Å²) in [7, 11) is 0. The van der Waals surface area contributed by atoms with Crippen molar-refractivity contribution in [3.8, 4) is 0 Å². The minimum Gasteiger partial charge on any atom is -0.377 e. The molecule has 9 heteroatoms. The summed E-state index contributed by atoms with van der Waals surface area (Å²) in [6.07, 6.45) is 0. The van der Waals surface area contributed by atoms with Gasteiger partial charge >= 0.3 is 0 Å². The average molecular weight is 521 g/mol. The fourth-order valence-electron chi connectivity index (χ4n) is 3.20. The van der Waals surface area contributed by atoms with Gasteiger partial charge in [0.05, 0.1) is 64.0 Å². The Labute approximate surface area is 202 Å². The first-order valence-corrected chi connectivity index (χ1v) is 11.7. The van der Waals surface area contributed by atoms with Crippen LogP contribution in [0.1, 0.15) is 20.7 Å². The van der Waals surface area contributed by atoms with Gasteiger partial charge in [-0.1, -0.05) is 28.1 Å². The van der Waals surface area contributed by atoms with Crippen molar-refractivity contribution < 1.29 is 28.5 Å². The van der Waals surface area contributed by atoms with Crippen LogP contribution in [0.3, 0.4) is 0 Å². The van der Waals surface area contributed by atoms with E-state index in [2.05, 4.69) is 21.2 Å². The number of nitrogens with one attached hydrogen (secondary N) is 1. The summed E-state index contributed by atoms with van der Waals surface area (Å²) in [5.74, 6) is -0.595. The van der Waals surface area contributed by atoms with Crippen molar-refractivity contribution in [3.63, 3.8) is 0 Å². The molecule has 0 saturated carbocycles. The van der Waals surface area contributed by atoms with Crippen LogP contribution >= 0.6 is 15.9 Å². The minimum absolute atomic E-state index is 0.249. The normalized spacial score (nSPS) is 16.9. The fraction of sp³-hybridized carbons (Fsp3) is 0.417. The molecule has 0 atom stereocenters. The molecule has 1 aliphatic heterocycles. The largest absolute Gasteiger partial charge is 0.377 e. The Balaban J connectivity index is 1.69. The van der Waals surface area contributed by atoms with Crippen molar-refractivity contribution in [2.45, 2.75) is 0 Å². The van der Waals surface area contributed by atoms with E-state index in [1.165, 1.54) is 0 Å². The lowest BCUT2D eigenvalue weighted by Crippen LogP contribution is -2.38. The second kappa shape index (κ2) is 14.1. The summed E-state index contributed by atoms with van der Waals surface area (Å²) in [6, 6.07) is 14.1. The monoisotopic (exact) mass is 520 g/mol. The molecule has 2 aromatic carbocycles. The zero-order valence-corrected chi connectivity index (χ0v) is 20.1. The molecule has 33 heavy (non-hydrogen) atoms. The van der Waals surface area contributed by atoms with Crippen LogP contribution in [0.2, 0.25) is 0 Å². The molecule has 1 fully saturated rings. The van der Waals surface area contributed by atoms with E-state index in [4.69, 9.17) is 18.9 Å². The predicted molar refractivity (Wildman–Crippen MR) is 128 cm³/mol. The molecule has 178 valence electrons. The molecule has 1 aliphatic rings. The third-order valence-electron chi connectivity index (χ3n) is 4.92. The summed E-state index contributed by atoms with van der Waals surface area (Å²) in [4.78, 5) is 28.0. The Bertz CT molecular complexity index is 877. The quantitative estimate of drug-likeness (QED) is 0.668. The number of carbonyl (C=O) groups excluding carboxylic acids is 2. The molecule has 0 unspecified atom stereocenters. The van der Waals surface area contributed by atoms with Gasteiger partial charge in [-0.2, -0.15) is 0 Å². The molecule has 1 N–H and O–H groups in total. The van der Waals surface area contributed by atoms with Crippen LogP contribution in [0, 0.1) is 0 Å². The highest BCUT2D eigenvalue weighted by Crippen LogP contribution is 2.17. The van der Waals surface area contributed by atoms with Crippen LogP contribution in [0.25, 0.3) is 0 Å². The Morgan fingerprint density at radius 3 is 1.73 bits per heavy atom. The van der Waals surface area contributed by atoms with E-state index in [0.29, 0.717) is 82.8 Å². The zero-order chi connectivity index (χ0) is 23.3. The predicted octanol–water partition coefficient (Wildman–Crippen LogP) is 3.22. The summed E-state index contributed by atoms with van der Waals surface area (Å²) < 4.78 is 23.0. The number of nitrogens with zero attached hydrogens (tertiary/aromatic N) is 1. The van der Waals surface area contributed by atoms with Crippen LogP contribution in [-0.4, -0.2) is 82.7 Å². The van der Waals surface area contributed by atoms with Crippen molar-refractivity contribution in [2.24, 2.45) is 0 Å². The van der Waals surface area contributed by atoms with Crippen molar-refractivity contribution in [2.75, 3.05) is 71.3 Å². The lowest BCUT2D eigenvalue weighted by Gasteiger charge is -2.24. The Hall–Kier alpha value is -2.30. The van der Waals surface area contributed by atoms with Gasteiger partial charge in [0.1, 0.15) is 0 Å². The molecule has 0 spiro atoms. The third-order valence-corrected chi connectivity index (χ3v) is 5.45. The van der Waals surface area contributed by atoms with Gasteiger partial charge in [0.15, 0.2) is 0 Å². The molecule has 3 rings (SSSR count). The first kappa shape index (κ1) is 25.3. The van der Waals surface area contributed by atoms with Crippen molar-refractivity contribution in [3.05, 3.63) is 64.1 Å². The molecule has 0 bridgehead atoms. The summed E-state index contributed by atoms with van der Waals surface area (Å²) in [5.41, 5.74) is 1.28. The van der Waals surface area contributed by atoms with Crippen LogP contribution in [-0.2, 0) is 18.9 Å². The second-order valence-electron chi connectivity index (χ2n) is 7.25. The maximum atomic E-state index is 13.4. The number of benzene rings is 2. The molecular weight excluding hydrogens is 492 g/mol. The van der Waals surface area contributed by atoms with Gasteiger partial charge in [-0.15, -0.1) is 0 Å². The van der Waals surface area contributed by atoms with Gasteiger partial charge in [-0.3, -0.25) is 9.59 Å². The number of ether oxygens (including phenoxy) is 4. The molecule has 2 aromatic rings. The van der Waals surface area contributed by atoms with Gasteiger partial charge in [0, 0.05) is 23.2 Å². The van der Waals surface area contributed by atoms with E-state index < -0.39 is 0 Å². The number of anilines is 1.